The largest absolute Gasteiger partial charge is 0.465 e. The van der Waals surface area contributed by atoms with Gasteiger partial charge in [-0.3, -0.25) is 14.5 Å². The Morgan fingerprint density at radius 3 is 2.61 bits per heavy atom. The molecule has 0 radical (unpaired) electrons. The lowest BCUT2D eigenvalue weighted by Gasteiger charge is -2.31. The molecule has 0 saturated heterocycles. The van der Waals surface area contributed by atoms with Crippen LogP contribution in [-0.4, -0.2) is 37.5 Å². The second-order valence-electron chi connectivity index (χ2n) is 6.28. The predicted octanol–water partition coefficient (Wildman–Crippen LogP) is 2.50. The second-order valence-corrected chi connectivity index (χ2v) is 6.28. The highest BCUT2D eigenvalue weighted by Crippen LogP contribution is 2.31. The van der Waals surface area contributed by atoms with E-state index in [2.05, 4.69) is 10.1 Å². The van der Waals surface area contributed by atoms with Crippen LogP contribution >= 0.6 is 0 Å². The molecule has 0 aromatic heterocycles. The van der Waals surface area contributed by atoms with Crippen molar-refractivity contribution < 1.29 is 28.2 Å². The van der Waals surface area contributed by atoms with Crippen LogP contribution in [0.3, 0.4) is 0 Å². The number of halogens is 1. The van der Waals surface area contributed by atoms with Gasteiger partial charge in [-0.15, -0.1) is 0 Å². The van der Waals surface area contributed by atoms with Crippen molar-refractivity contribution >= 4 is 29.2 Å². The van der Waals surface area contributed by atoms with Crippen LogP contribution in [0.15, 0.2) is 42.5 Å². The van der Waals surface area contributed by atoms with Gasteiger partial charge in [0, 0.05) is 0 Å². The maximum absolute atomic E-state index is 13.0. The first-order chi connectivity index (χ1) is 13.4. The summed E-state index contributed by atoms with van der Waals surface area (Å²) in [7, 11) is 1.26. The number of nitrogens with one attached hydrogen (secondary N) is 1. The summed E-state index contributed by atoms with van der Waals surface area (Å²) in [5.74, 6) is -1.68. The minimum atomic E-state index is -0.830. The molecule has 0 aliphatic carbocycles. The Hall–Kier alpha value is -3.26. The first kappa shape index (κ1) is 19.5. The third-order valence-electron chi connectivity index (χ3n) is 4.31. The number of hydrogen-bond acceptors (Lipinski definition) is 5. The van der Waals surface area contributed by atoms with E-state index in [4.69, 9.17) is 4.74 Å². The number of ether oxygens (including phenoxy) is 2. The Bertz CT molecular complexity index is 913. The number of rotatable bonds is 5. The summed E-state index contributed by atoms with van der Waals surface area (Å²) in [6.45, 7) is 1.55. The van der Waals surface area contributed by atoms with Gasteiger partial charge < -0.3 is 14.8 Å². The summed E-state index contributed by atoms with van der Waals surface area (Å²) >= 11 is 0. The predicted molar refractivity (Wildman–Crippen MR) is 99.4 cm³/mol. The van der Waals surface area contributed by atoms with Crippen LogP contribution in [0.5, 0.6) is 0 Å². The van der Waals surface area contributed by atoms with E-state index in [1.807, 2.05) is 0 Å². The number of nitrogens with zero attached hydrogens (tertiary/aromatic N) is 1. The fourth-order valence-electron chi connectivity index (χ4n) is 2.82. The summed E-state index contributed by atoms with van der Waals surface area (Å²) in [4.78, 5) is 37.9. The van der Waals surface area contributed by atoms with Crippen LogP contribution in [0.4, 0.5) is 15.8 Å². The van der Waals surface area contributed by atoms with Crippen molar-refractivity contribution in [2.45, 2.75) is 19.6 Å². The number of esters is 1. The van der Waals surface area contributed by atoms with E-state index in [9.17, 15) is 18.8 Å². The molecule has 7 nitrogen and oxygen atoms in total. The third kappa shape index (κ3) is 4.17. The lowest BCUT2D eigenvalue weighted by molar-refractivity contribution is -0.131. The van der Waals surface area contributed by atoms with Gasteiger partial charge in [0.1, 0.15) is 18.5 Å². The molecule has 0 bridgehead atoms. The Balaban J connectivity index is 1.75. The molecular weight excluding hydrogens is 367 g/mol. The van der Waals surface area contributed by atoms with Crippen LogP contribution in [0.2, 0.25) is 0 Å². The Morgan fingerprint density at radius 1 is 1.21 bits per heavy atom. The molecule has 2 aromatic carbocycles. The average molecular weight is 386 g/mol. The molecule has 1 N–H and O–H groups in total. The van der Waals surface area contributed by atoms with Crippen molar-refractivity contribution in [3.8, 4) is 0 Å². The van der Waals surface area contributed by atoms with Crippen LogP contribution in [0, 0.1) is 5.82 Å². The first-order valence-corrected chi connectivity index (χ1v) is 8.58. The molecule has 2 amide bonds. The van der Waals surface area contributed by atoms with Crippen molar-refractivity contribution in [3.63, 3.8) is 0 Å². The monoisotopic (exact) mass is 386 g/mol. The van der Waals surface area contributed by atoms with Crippen LogP contribution < -0.4 is 10.2 Å². The van der Waals surface area contributed by atoms with Crippen molar-refractivity contribution in [2.24, 2.45) is 0 Å². The Labute approximate surface area is 161 Å². The molecule has 28 heavy (non-hydrogen) atoms. The standard InChI is InChI=1S/C20H19FN2O5/c1-12(28-11-13-3-6-15(21)7-4-13)19(25)23-10-18(24)22-16-9-14(20(26)27-2)5-8-17(16)23/h3-9,12H,10-11H2,1-2H3,(H,22,24). The summed E-state index contributed by atoms with van der Waals surface area (Å²) in [6.07, 6.45) is -0.830. The van der Waals surface area contributed by atoms with E-state index in [1.165, 1.54) is 36.3 Å². The van der Waals surface area contributed by atoms with E-state index in [0.717, 1.165) is 5.56 Å². The summed E-state index contributed by atoms with van der Waals surface area (Å²) in [5.41, 5.74) is 1.80. The Kier molecular flexibility index (Phi) is 5.70. The number of methoxy groups -OCH3 is 1. The first-order valence-electron chi connectivity index (χ1n) is 8.58. The van der Waals surface area contributed by atoms with Gasteiger partial charge in [0.15, 0.2) is 0 Å². The number of carbonyl (C=O) groups is 3. The molecule has 0 fully saturated rings. The van der Waals surface area contributed by atoms with Crippen molar-refractivity contribution in [2.75, 3.05) is 23.9 Å². The highest BCUT2D eigenvalue weighted by Gasteiger charge is 2.30. The zero-order chi connectivity index (χ0) is 20.3. The second kappa shape index (κ2) is 8.18. The zero-order valence-electron chi connectivity index (χ0n) is 15.4. The highest BCUT2D eigenvalue weighted by atomic mass is 19.1. The van der Waals surface area contributed by atoms with Gasteiger partial charge in [0.05, 0.1) is 30.7 Å². The summed E-state index contributed by atoms with van der Waals surface area (Å²) in [6, 6.07) is 10.3. The molecule has 146 valence electrons. The molecule has 3 rings (SSSR count). The van der Waals surface area contributed by atoms with Crippen LogP contribution in [0.25, 0.3) is 0 Å². The minimum absolute atomic E-state index is 0.126. The molecular formula is C20H19FN2O5. The fraction of sp³-hybridized carbons (Fsp3) is 0.250. The van der Waals surface area contributed by atoms with Gasteiger partial charge in [-0.1, -0.05) is 12.1 Å². The van der Waals surface area contributed by atoms with Gasteiger partial charge in [0.2, 0.25) is 5.91 Å². The molecule has 1 aliphatic heterocycles. The normalized spacial score (nSPS) is 14.1. The quantitative estimate of drug-likeness (QED) is 0.798. The van der Waals surface area contributed by atoms with Gasteiger partial charge >= 0.3 is 5.97 Å². The van der Waals surface area contributed by atoms with Gasteiger partial charge in [-0.2, -0.15) is 0 Å². The lowest BCUT2D eigenvalue weighted by Crippen LogP contribution is -2.46. The topological polar surface area (TPSA) is 84.9 Å². The van der Waals surface area contributed by atoms with E-state index < -0.39 is 18.0 Å². The van der Waals surface area contributed by atoms with E-state index in [1.54, 1.807) is 25.1 Å². The number of hydrogen-bond donors (Lipinski definition) is 1. The van der Waals surface area contributed by atoms with Crippen molar-refractivity contribution in [1.82, 2.24) is 0 Å². The fourth-order valence-corrected chi connectivity index (χ4v) is 2.82. The van der Waals surface area contributed by atoms with Gasteiger partial charge in [0.25, 0.3) is 5.91 Å². The van der Waals surface area contributed by atoms with Gasteiger partial charge in [-0.05, 0) is 42.8 Å². The molecule has 0 saturated carbocycles. The minimum Gasteiger partial charge on any atom is -0.465 e. The van der Waals surface area contributed by atoms with Gasteiger partial charge in [-0.25, -0.2) is 9.18 Å². The molecule has 1 heterocycles. The van der Waals surface area contributed by atoms with E-state index in [0.29, 0.717) is 11.4 Å². The van der Waals surface area contributed by atoms with Crippen LogP contribution in [0.1, 0.15) is 22.8 Å². The SMILES string of the molecule is COC(=O)c1ccc2c(c1)NC(=O)CN2C(=O)C(C)OCc1ccc(F)cc1. The Morgan fingerprint density at radius 2 is 1.93 bits per heavy atom. The van der Waals surface area contributed by atoms with Crippen LogP contribution in [-0.2, 0) is 25.7 Å². The molecule has 0 spiro atoms. The molecule has 1 aliphatic rings. The number of benzene rings is 2. The maximum atomic E-state index is 13.0. The lowest BCUT2D eigenvalue weighted by atomic mass is 10.1. The average Bonchev–Trinajstić information content (AvgIpc) is 2.70. The maximum Gasteiger partial charge on any atom is 0.337 e. The van der Waals surface area contributed by atoms with E-state index >= 15 is 0 Å². The number of fused-ring (bicyclic) bond motifs is 1. The summed E-state index contributed by atoms with van der Waals surface area (Å²) in [5, 5.41) is 2.65. The number of anilines is 2. The molecule has 1 atom stereocenters. The number of amides is 2. The number of carbonyl (C=O) groups excluding carboxylic acids is 3. The molecule has 1 unspecified atom stereocenters. The smallest absolute Gasteiger partial charge is 0.337 e. The molecule has 8 heteroatoms. The third-order valence-corrected chi connectivity index (χ3v) is 4.31. The van der Waals surface area contributed by atoms with Crippen molar-refractivity contribution in [1.29, 1.82) is 0 Å². The molecule has 2 aromatic rings. The zero-order valence-corrected chi connectivity index (χ0v) is 15.4. The van der Waals surface area contributed by atoms with Crippen molar-refractivity contribution in [3.05, 3.63) is 59.4 Å². The summed E-state index contributed by atoms with van der Waals surface area (Å²) < 4.78 is 23.2. The highest BCUT2D eigenvalue weighted by molar-refractivity contribution is 6.11. The van der Waals surface area contributed by atoms with E-state index in [-0.39, 0.29) is 30.4 Å².